The summed E-state index contributed by atoms with van der Waals surface area (Å²) in [5.41, 5.74) is 7.97. The van der Waals surface area contributed by atoms with Crippen LogP contribution in [0.2, 0.25) is 0 Å². The lowest BCUT2D eigenvalue weighted by Crippen LogP contribution is -2.37. The molecule has 1 aromatic heterocycles. The third-order valence-electron chi connectivity index (χ3n) is 5.69. The van der Waals surface area contributed by atoms with Gasteiger partial charge < -0.3 is 20.9 Å². The zero-order valence-electron chi connectivity index (χ0n) is 18.7. The van der Waals surface area contributed by atoms with Crippen LogP contribution in [-0.4, -0.2) is 59.8 Å². The normalized spacial score (nSPS) is 13.9. The van der Waals surface area contributed by atoms with Crippen molar-refractivity contribution in [2.45, 2.75) is 44.6 Å². The fourth-order valence-electron chi connectivity index (χ4n) is 3.83. The third-order valence-corrected chi connectivity index (χ3v) is 5.69. The van der Waals surface area contributed by atoms with Crippen molar-refractivity contribution in [3.8, 4) is 5.75 Å². The average Bonchev–Trinajstić information content (AvgIpc) is 2.78. The summed E-state index contributed by atoms with van der Waals surface area (Å²) in [6.45, 7) is 2.90. The number of nitrogens with one attached hydrogen (secondary N) is 1. The van der Waals surface area contributed by atoms with E-state index in [2.05, 4.69) is 22.3 Å². The van der Waals surface area contributed by atoms with Gasteiger partial charge in [0.1, 0.15) is 35.9 Å². The van der Waals surface area contributed by atoms with Crippen LogP contribution >= 0.6 is 0 Å². The van der Waals surface area contributed by atoms with Crippen molar-refractivity contribution in [2.24, 2.45) is 5.73 Å². The number of ether oxygens (including phenoxy) is 1. The van der Waals surface area contributed by atoms with E-state index in [0.29, 0.717) is 19.5 Å². The van der Waals surface area contributed by atoms with Gasteiger partial charge in [0, 0.05) is 43.5 Å². The highest BCUT2D eigenvalue weighted by Gasteiger charge is 2.15. The minimum atomic E-state index is -1.03. The van der Waals surface area contributed by atoms with E-state index >= 15 is 0 Å². The van der Waals surface area contributed by atoms with Crippen molar-refractivity contribution in [1.82, 2.24) is 9.88 Å². The highest BCUT2D eigenvalue weighted by Crippen LogP contribution is 2.20. The molecule has 0 saturated heterocycles. The number of aryl methyl sites for hydroxylation is 2. The predicted molar refractivity (Wildman–Crippen MR) is 123 cm³/mol. The monoisotopic (exact) mass is 462 g/mol. The molecular formula is C24H32F2N4O3. The number of benzene rings is 1. The Morgan fingerprint density at radius 3 is 2.73 bits per heavy atom. The van der Waals surface area contributed by atoms with Gasteiger partial charge in [-0.15, -0.1) is 0 Å². The Balaban J connectivity index is 1.46. The van der Waals surface area contributed by atoms with Crippen LogP contribution in [0, 0.1) is 11.6 Å². The van der Waals surface area contributed by atoms with E-state index in [9.17, 15) is 13.6 Å². The molecule has 0 spiro atoms. The van der Waals surface area contributed by atoms with E-state index in [1.54, 1.807) is 0 Å². The van der Waals surface area contributed by atoms with E-state index < -0.39 is 23.6 Å². The molecule has 0 aliphatic carbocycles. The summed E-state index contributed by atoms with van der Waals surface area (Å²) in [6, 6.07) is 6.36. The minimum absolute atomic E-state index is 0.127. The minimum Gasteiger partial charge on any atom is -0.492 e. The van der Waals surface area contributed by atoms with Crippen LogP contribution in [0.25, 0.3) is 0 Å². The summed E-state index contributed by atoms with van der Waals surface area (Å²) >= 11 is 0. The van der Waals surface area contributed by atoms with Crippen molar-refractivity contribution in [2.75, 3.05) is 38.1 Å². The average molecular weight is 463 g/mol. The largest absolute Gasteiger partial charge is 0.492 e. The number of anilines is 1. The fourth-order valence-corrected chi connectivity index (χ4v) is 3.83. The number of rotatable bonds is 13. The van der Waals surface area contributed by atoms with Gasteiger partial charge in [-0.2, -0.15) is 0 Å². The number of nitrogens with zero attached hydrogens (tertiary/aromatic N) is 2. The molecule has 0 radical (unpaired) electrons. The molecule has 1 aliphatic rings. The number of unbranched alkanes of at least 4 members (excludes halogenated alkanes) is 1. The number of hydrogen-bond donors (Lipinski definition) is 3. The maximum Gasteiger partial charge on any atom is 0.320 e. The molecule has 9 heteroatoms. The number of carboxylic acids is 1. The van der Waals surface area contributed by atoms with Gasteiger partial charge in [-0.25, -0.2) is 13.8 Å². The lowest BCUT2D eigenvalue weighted by atomic mass is 10.1. The summed E-state index contributed by atoms with van der Waals surface area (Å²) in [5, 5.41) is 12.4. The highest BCUT2D eigenvalue weighted by atomic mass is 19.1. The molecule has 0 unspecified atom stereocenters. The van der Waals surface area contributed by atoms with Crippen LogP contribution in [0.15, 0.2) is 30.3 Å². The van der Waals surface area contributed by atoms with Crippen LogP contribution in [0.4, 0.5) is 14.6 Å². The second-order valence-corrected chi connectivity index (χ2v) is 8.33. The van der Waals surface area contributed by atoms with Crippen molar-refractivity contribution in [1.29, 1.82) is 0 Å². The molecule has 2 heterocycles. The van der Waals surface area contributed by atoms with Crippen molar-refractivity contribution in [3.05, 3.63) is 53.2 Å². The number of hydrogen-bond acceptors (Lipinski definition) is 6. The molecule has 3 rings (SSSR count). The molecule has 7 nitrogen and oxygen atoms in total. The van der Waals surface area contributed by atoms with Gasteiger partial charge in [0.25, 0.3) is 0 Å². The number of halogens is 2. The van der Waals surface area contributed by atoms with Gasteiger partial charge in [-0.3, -0.25) is 9.69 Å². The highest BCUT2D eigenvalue weighted by molar-refractivity contribution is 5.72. The topological polar surface area (TPSA) is 101 Å². The molecule has 1 aliphatic heterocycles. The van der Waals surface area contributed by atoms with Gasteiger partial charge in [0.15, 0.2) is 0 Å². The Labute approximate surface area is 192 Å². The van der Waals surface area contributed by atoms with Crippen molar-refractivity contribution >= 4 is 11.8 Å². The maximum atomic E-state index is 13.3. The number of aliphatic carboxylic acids is 1. The predicted octanol–water partition coefficient (Wildman–Crippen LogP) is 3.22. The summed E-state index contributed by atoms with van der Waals surface area (Å²) in [6.07, 6.45) is 5.19. The number of carbonyl (C=O) groups is 1. The van der Waals surface area contributed by atoms with Gasteiger partial charge in [0.2, 0.25) is 0 Å². The molecule has 0 saturated carbocycles. The number of aromatic nitrogens is 1. The van der Waals surface area contributed by atoms with E-state index in [4.69, 9.17) is 20.6 Å². The lowest BCUT2D eigenvalue weighted by molar-refractivity contribution is -0.138. The molecule has 180 valence electrons. The van der Waals surface area contributed by atoms with E-state index in [1.807, 2.05) is 0 Å². The lowest BCUT2D eigenvalue weighted by Gasteiger charge is -2.23. The summed E-state index contributed by atoms with van der Waals surface area (Å²) in [5.74, 6) is -1.30. The molecule has 0 bridgehead atoms. The smallest absolute Gasteiger partial charge is 0.320 e. The molecule has 0 fully saturated rings. The Bertz CT molecular complexity index is 908. The number of pyridine rings is 1. The Morgan fingerprint density at radius 1 is 1.18 bits per heavy atom. The zero-order valence-corrected chi connectivity index (χ0v) is 18.7. The Hall–Kier alpha value is -2.78. The van der Waals surface area contributed by atoms with Gasteiger partial charge >= 0.3 is 5.97 Å². The second kappa shape index (κ2) is 12.5. The summed E-state index contributed by atoms with van der Waals surface area (Å²) < 4.78 is 32.2. The molecule has 4 N–H and O–H groups in total. The van der Waals surface area contributed by atoms with Crippen LogP contribution in [-0.2, 0) is 17.6 Å². The standard InChI is InChI=1S/C24H32F2N4O3/c25-18-14-19(26)16-21(15-18)33-13-12-30(11-8-22(27)24(31)32)10-2-1-5-20-7-6-17-4-3-9-28-23(17)29-20/h6-7,14-16,22H,1-5,8-13,27H2,(H,28,29)(H,31,32)/t22-/m0/s1. The molecule has 33 heavy (non-hydrogen) atoms. The first-order valence-corrected chi connectivity index (χ1v) is 11.4. The maximum absolute atomic E-state index is 13.3. The van der Waals surface area contributed by atoms with Crippen LogP contribution < -0.4 is 15.8 Å². The fraction of sp³-hybridized carbons (Fsp3) is 0.500. The van der Waals surface area contributed by atoms with Gasteiger partial charge in [0.05, 0.1) is 0 Å². The number of carboxylic acid groups (broad SMARTS) is 1. The zero-order chi connectivity index (χ0) is 23.6. The first kappa shape index (κ1) is 24.9. The molecule has 2 aromatic rings. The summed E-state index contributed by atoms with van der Waals surface area (Å²) in [7, 11) is 0. The van der Waals surface area contributed by atoms with E-state index in [-0.39, 0.29) is 12.4 Å². The first-order chi connectivity index (χ1) is 15.9. The van der Waals surface area contributed by atoms with Gasteiger partial charge in [-0.1, -0.05) is 6.07 Å². The van der Waals surface area contributed by atoms with Crippen molar-refractivity contribution < 1.29 is 23.4 Å². The Kier molecular flexibility index (Phi) is 9.38. The van der Waals surface area contributed by atoms with Crippen molar-refractivity contribution in [3.63, 3.8) is 0 Å². The molecule has 1 aromatic carbocycles. The quantitative estimate of drug-likeness (QED) is 0.393. The number of nitrogens with two attached hydrogens (primary N) is 1. The second-order valence-electron chi connectivity index (χ2n) is 8.33. The molecular weight excluding hydrogens is 430 g/mol. The number of fused-ring (bicyclic) bond motifs is 1. The SMILES string of the molecule is N[C@@H](CCN(CCCCc1ccc2c(n1)NCCC2)CCOc1cc(F)cc(F)c1)C(=O)O. The van der Waals surface area contributed by atoms with Gasteiger partial charge in [-0.05, 0) is 56.7 Å². The third kappa shape index (κ3) is 8.25. The van der Waals surface area contributed by atoms with Crippen LogP contribution in [0.1, 0.15) is 36.9 Å². The van der Waals surface area contributed by atoms with Crippen LogP contribution in [0.5, 0.6) is 5.75 Å². The summed E-state index contributed by atoms with van der Waals surface area (Å²) in [4.78, 5) is 17.8. The molecule has 1 atom stereocenters. The van der Waals surface area contributed by atoms with Crippen LogP contribution in [0.3, 0.4) is 0 Å². The molecule has 0 amide bonds. The first-order valence-electron chi connectivity index (χ1n) is 11.4. The van der Waals surface area contributed by atoms with E-state index in [0.717, 1.165) is 74.9 Å². The van der Waals surface area contributed by atoms with E-state index in [1.165, 1.54) is 5.56 Å². The Morgan fingerprint density at radius 2 is 1.97 bits per heavy atom.